The Hall–Kier alpha value is -2.82. The van der Waals surface area contributed by atoms with E-state index < -0.39 is 0 Å². The van der Waals surface area contributed by atoms with Gasteiger partial charge in [-0.1, -0.05) is 0 Å². The topological polar surface area (TPSA) is 62.7 Å². The zero-order valence-corrected chi connectivity index (χ0v) is 10.8. The van der Waals surface area contributed by atoms with Gasteiger partial charge in [0.2, 0.25) is 0 Å². The molecule has 0 atom stereocenters. The molecule has 0 fully saturated rings. The average Bonchev–Trinajstić information content (AvgIpc) is 3.18. The summed E-state index contributed by atoms with van der Waals surface area (Å²) in [6.45, 7) is 0.394. The minimum atomic E-state index is -0.111. The normalized spacial score (nSPS) is 10.4. The Morgan fingerprint density at radius 1 is 1.20 bits per heavy atom. The molecule has 0 spiro atoms. The SMILES string of the molecule is O=C(NCc1ncc[nH]1)c1ccc(-n2cccc2)cc1. The van der Waals surface area contributed by atoms with E-state index in [9.17, 15) is 4.79 Å². The second-order valence-electron chi connectivity index (χ2n) is 4.36. The molecule has 2 heterocycles. The molecular formula is C15H14N4O. The number of aromatic amines is 1. The van der Waals surface area contributed by atoms with Crippen LogP contribution in [0.15, 0.2) is 61.2 Å². The number of nitrogens with one attached hydrogen (secondary N) is 2. The highest BCUT2D eigenvalue weighted by Gasteiger charge is 2.06. The van der Waals surface area contributed by atoms with Gasteiger partial charge in [-0.15, -0.1) is 0 Å². The highest BCUT2D eigenvalue weighted by molar-refractivity contribution is 5.94. The number of nitrogens with zero attached hydrogens (tertiary/aromatic N) is 2. The lowest BCUT2D eigenvalue weighted by Gasteiger charge is -2.06. The van der Waals surface area contributed by atoms with Crippen molar-refractivity contribution in [2.24, 2.45) is 0 Å². The number of benzene rings is 1. The highest BCUT2D eigenvalue weighted by atomic mass is 16.1. The zero-order chi connectivity index (χ0) is 13.8. The van der Waals surface area contributed by atoms with Gasteiger partial charge in [0.05, 0.1) is 6.54 Å². The summed E-state index contributed by atoms with van der Waals surface area (Å²) in [5.41, 5.74) is 1.66. The quantitative estimate of drug-likeness (QED) is 0.760. The van der Waals surface area contributed by atoms with E-state index in [0.717, 1.165) is 11.5 Å². The van der Waals surface area contributed by atoms with Crippen molar-refractivity contribution >= 4 is 5.91 Å². The lowest BCUT2D eigenvalue weighted by Crippen LogP contribution is -2.23. The Kier molecular flexibility index (Phi) is 3.33. The molecule has 3 rings (SSSR count). The Labute approximate surface area is 116 Å². The van der Waals surface area contributed by atoms with Gasteiger partial charge in [0.15, 0.2) is 0 Å². The van der Waals surface area contributed by atoms with E-state index in [4.69, 9.17) is 0 Å². The molecule has 0 aliphatic carbocycles. The second kappa shape index (κ2) is 5.44. The van der Waals surface area contributed by atoms with E-state index in [0.29, 0.717) is 12.1 Å². The molecule has 5 heteroatoms. The summed E-state index contributed by atoms with van der Waals surface area (Å²) in [6, 6.07) is 11.4. The standard InChI is InChI=1S/C15H14N4O/c20-15(18-11-14-16-7-8-17-14)12-3-5-13(6-4-12)19-9-1-2-10-19/h1-10H,11H2,(H,16,17)(H,18,20). The van der Waals surface area contributed by atoms with Gasteiger partial charge in [-0.2, -0.15) is 0 Å². The van der Waals surface area contributed by atoms with E-state index in [1.54, 1.807) is 12.4 Å². The zero-order valence-electron chi connectivity index (χ0n) is 10.8. The maximum Gasteiger partial charge on any atom is 0.251 e. The first-order valence-electron chi connectivity index (χ1n) is 6.33. The van der Waals surface area contributed by atoms with Crippen LogP contribution in [0.3, 0.4) is 0 Å². The Balaban J connectivity index is 1.66. The van der Waals surface area contributed by atoms with Gasteiger partial charge in [0.25, 0.3) is 5.91 Å². The molecule has 100 valence electrons. The molecule has 0 bridgehead atoms. The minimum Gasteiger partial charge on any atom is -0.347 e. The van der Waals surface area contributed by atoms with Crippen LogP contribution < -0.4 is 5.32 Å². The van der Waals surface area contributed by atoms with Gasteiger partial charge in [0, 0.05) is 36.0 Å². The van der Waals surface area contributed by atoms with Gasteiger partial charge >= 0.3 is 0 Å². The fourth-order valence-corrected chi connectivity index (χ4v) is 1.95. The summed E-state index contributed by atoms with van der Waals surface area (Å²) in [5, 5.41) is 2.82. The molecule has 2 aromatic heterocycles. The molecule has 1 amide bonds. The van der Waals surface area contributed by atoms with Crippen molar-refractivity contribution < 1.29 is 4.79 Å². The fraction of sp³-hybridized carbons (Fsp3) is 0.0667. The van der Waals surface area contributed by atoms with Crippen LogP contribution >= 0.6 is 0 Å². The predicted octanol–water partition coefficient (Wildman–Crippen LogP) is 2.13. The third kappa shape index (κ3) is 2.61. The smallest absolute Gasteiger partial charge is 0.251 e. The summed E-state index contributed by atoms with van der Waals surface area (Å²) in [6.07, 6.45) is 7.32. The number of aromatic nitrogens is 3. The number of H-pyrrole nitrogens is 1. The van der Waals surface area contributed by atoms with Gasteiger partial charge in [-0.05, 0) is 36.4 Å². The number of hydrogen-bond donors (Lipinski definition) is 2. The number of hydrogen-bond acceptors (Lipinski definition) is 2. The molecule has 1 aromatic carbocycles. The molecule has 2 N–H and O–H groups in total. The van der Waals surface area contributed by atoms with Gasteiger partial charge in [-0.25, -0.2) is 4.98 Å². The van der Waals surface area contributed by atoms with Gasteiger partial charge in [0.1, 0.15) is 5.82 Å². The Morgan fingerprint density at radius 2 is 1.95 bits per heavy atom. The maximum atomic E-state index is 12.0. The molecule has 0 aliphatic heterocycles. The number of carbonyl (C=O) groups is 1. The molecule has 0 aliphatic rings. The van der Waals surface area contributed by atoms with Crippen molar-refractivity contribution in [2.75, 3.05) is 0 Å². The monoisotopic (exact) mass is 266 g/mol. The van der Waals surface area contributed by atoms with Crippen LogP contribution in [0.1, 0.15) is 16.2 Å². The molecule has 3 aromatic rings. The van der Waals surface area contributed by atoms with E-state index in [1.165, 1.54) is 0 Å². The third-order valence-corrected chi connectivity index (χ3v) is 3.00. The lowest BCUT2D eigenvalue weighted by atomic mass is 10.2. The van der Waals surface area contributed by atoms with Crippen molar-refractivity contribution in [1.82, 2.24) is 19.9 Å². The first-order chi connectivity index (χ1) is 9.83. The minimum absolute atomic E-state index is 0.111. The largest absolute Gasteiger partial charge is 0.347 e. The highest BCUT2D eigenvalue weighted by Crippen LogP contribution is 2.10. The van der Waals surface area contributed by atoms with Crippen molar-refractivity contribution in [1.29, 1.82) is 0 Å². The molecule has 5 nitrogen and oxygen atoms in total. The third-order valence-electron chi connectivity index (χ3n) is 3.00. The van der Waals surface area contributed by atoms with Crippen LogP contribution in [-0.4, -0.2) is 20.4 Å². The van der Waals surface area contributed by atoms with E-state index in [1.807, 2.05) is 53.4 Å². The van der Waals surface area contributed by atoms with E-state index >= 15 is 0 Å². The molecule has 0 saturated heterocycles. The van der Waals surface area contributed by atoms with Crippen LogP contribution in [0.4, 0.5) is 0 Å². The summed E-state index contributed by atoms with van der Waals surface area (Å²) in [5.74, 6) is 0.628. The van der Waals surface area contributed by atoms with Crippen LogP contribution in [0.25, 0.3) is 5.69 Å². The summed E-state index contributed by atoms with van der Waals surface area (Å²) in [4.78, 5) is 19.0. The van der Waals surface area contributed by atoms with E-state index in [-0.39, 0.29) is 5.91 Å². The lowest BCUT2D eigenvalue weighted by molar-refractivity contribution is 0.0950. The molecular weight excluding hydrogens is 252 g/mol. The van der Waals surface area contributed by atoms with Crippen molar-refractivity contribution in [3.63, 3.8) is 0 Å². The van der Waals surface area contributed by atoms with Crippen molar-refractivity contribution in [3.8, 4) is 5.69 Å². The number of carbonyl (C=O) groups excluding carboxylic acids is 1. The van der Waals surface area contributed by atoms with Crippen LogP contribution in [-0.2, 0) is 6.54 Å². The average molecular weight is 266 g/mol. The van der Waals surface area contributed by atoms with E-state index in [2.05, 4.69) is 15.3 Å². The van der Waals surface area contributed by atoms with Gasteiger partial charge < -0.3 is 14.9 Å². The number of rotatable bonds is 4. The van der Waals surface area contributed by atoms with Gasteiger partial charge in [-0.3, -0.25) is 4.79 Å². The molecule has 0 saturated carbocycles. The summed E-state index contributed by atoms with van der Waals surface area (Å²) in [7, 11) is 0. The second-order valence-corrected chi connectivity index (χ2v) is 4.36. The summed E-state index contributed by atoms with van der Waals surface area (Å²) < 4.78 is 1.99. The molecule has 0 radical (unpaired) electrons. The molecule has 0 unspecified atom stereocenters. The number of imidazole rings is 1. The van der Waals surface area contributed by atoms with Crippen LogP contribution in [0.2, 0.25) is 0 Å². The number of amides is 1. The maximum absolute atomic E-state index is 12.0. The van der Waals surface area contributed by atoms with Crippen LogP contribution in [0.5, 0.6) is 0 Å². The predicted molar refractivity (Wildman–Crippen MR) is 75.5 cm³/mol. The first-order valence-corrected chi connectivity index (χ1v) is 6.33. The van der Waals surface area contributed by atoms with Crippen LogP contribution in [0, 0.1) is 0 Å². The summed E-state index contributed by atoms with van der Waals surface area (Å²) >= 11 is 0. The Bertz CT molecular complexity index is 669. The fourth-order valence-electron chi connectivity index (χ4n) is 1.95. The van der Waals surface area contributed by atoms with Crippen molar-refractivity contribution in [2.45, 2.75) is 6.54 Å². The van der Waals surface area contributed by atoms with Crippen molar-refractivity contribution in [3.05, 3.63) is 72.6 Å². The first kappa shape index (κ1) is 12.2. The Morgan fingerprint density at radius 3 is 2.60 bits per heavy atom. The molecule has 20 heavy (non-hydrogen) atoms.